The van der Waals surface area contributed by atoms with Crippen LogP contribution in [0.4, 0.5) is 0 Å². The third kappa shape index (κ3) is 83.7. The molecule has 7 heavy (non-hydrogen) atoms. The van der Waals surface area contributed by atoms with E-state index < -0.39 is 0 Å². The summed E-state index contributed by atoms with van der Waals surface area (Å²) in [5.41, 5.74) is 0. The van der Waals surface area contributed by atoms with Crippen LogP contribution in [0.5, 0.6) is 0 Å². The van der Waals surface area contributed by atoms with Crippen LogP contribution >= 0.6 is 0 Å². The predicted molar refractivity (Wildman–Crippen MR) is 7.74 cm³/mol. The fourth-order valence-electron chi connectivity index (χ4n) is 0. The molecular formula is H4Li2O4Ti-2. The summed E-state index contributed by atoms with van der Waals surface area (Å²) in [6.07, 6.45) is 0. The Morgan fingerprint density at radius 2 is 0.429 bits per heavy atom. The van der Waals surface area contributed by atoms with Crippen LogP contribution in [0.3, 0.4) is 0 Å². The summed E-state index contributed by atoms with van der Waals surface area (Å²) in [7, 11) is 0. The summed E-state index contributed by atoms with van der Waals surface area (Å²) in [5, 5.41) is 0. The minimum absolute atomic E-state index is 0. The molecule has 4 N–H and O–H groups in total. The van der Waals surface area contributed by atoms with E-state index in [2.05, 4.69) is 0 Å². The zero-order valence-electron chi connectivity index (χ0n) is 4.29. The summed E-state index contributed by atoms with van der Waals surface area (Å²) < 4.78 is 0. The molecular weight excluding hydrogens is 126 g/mol. The number of hydrogen-bond donors (Lipinski definition) is 0. The molecule has 36 valence electrons. The second kappa shape index (κ2) is 115. The molecule has 0 atom stereocenters. The quantitative estimate of drug-likeness (QED) is 0.302. The van der Waals surface area contributed by atoms with Crippen LogP contribution in [0.1, 0.15) is 0 Å². The monoisotopic (exact) mass is 130 g/mol. The Balaban J connectivity index is 0. The second-order valence-electron chi connectivity index (χ2n) is 0. The van der Waals surface area contributed by atoms with E-state index in [9.17, 15) is 0 Å². The molecule has 0 aromatic carbocycles. The van der Waals surface area contributed by atoms with Crippen molar-refractivity contribution in [1.29, 1.82) is 0 Å². The molecule has 0 amide bonds. The van der Waals surface area contributed by atoms with Gasteiger partial charge in [0.2, 0.25) is 0 Å². The second-order valence-corrected chi connectivity index (χ2v) is 0. The van der Waals surface area contributed by atoms with Crippen molar-refractivity contribution in [2.75, 3.05) is 0 Å². The molecule has 0 aliphatic rings. The molecule has 0 saturated heterocycles. The van der Waals surface area contributed by atoms with Crippen LogP contribution in [0.25, 0.3) is 0 Å². The first-order valence-electron chi connectivity index (χ1n) is 0. The van der Waals surface area contributed by atoms with E-state index in [0.717, 1.165) is 0 Å². The van der Waals surface area contributed by atoms with Gasteiger partial charge >= 0.3 is 37.7 Å². The van der Waals surface area contributed by atoms with Gasteiger partial charge in [0, 0.05) is 21.7 Å². The Morgan fingerprint density at radius 3 is 0.429 bits per heavy atom. The average Bonchev–Trinajstić information content (AvgIpc) is 0. The Kier molecular flexibility index (Phi) is 2830. The summed E-state index contributed by atoms with van der Waals surface area (Å²) in [5.74, 6) is 0. The topological polar surface area (TPSA) is 120 Å². The summed E-state index contributed by atoms with van der Waals surface area (Å²) in [4.78, 5) is 0. The molecule has 0 saturated carbocycles. The fraction of sp³-hybridized carbons (Fsp3) is 0. The molecule has 0 aromatic heterocycles. The first-order chi connectivity index (χ1) is 0. The molecule has 0 aromatic rings. The van der Waals surface area contributed by atoms with Crippen LogP contribution in [0.2, 0.25) is 0 Å². The van der Waals surface area contributed by atoms with Gasteiger partial charge in [-0.15, -0.1) is 0 Å². The average molecular weight is 130 g/mol. The van der Waals surface area contributed by atoms with Gasteiger partial charge in [-0.3, -0.25) is 0 Å². The van der Waals surface area contributed by atoms with Gasteiger partial charge in [0.05, 0.1) is 0 Å². The van der Waals surface area contributed by atoms with E-state index in [4.69, 9.17) is 0 Å². The van der Waals surface area contributed by atoms with Gasteiger partial charge < -0.3 is 21.9 Å². The van der Waals surface area contributed by atoms with Crippen molar-refractivity contribution in [3.63, 3.8) is 0 Å². The molecule has 0 fully saturated rings. The van der Waals surface area contributed by atoms with Gasteiger partial charge in [-0.05, 0) is 0 Å². The molecule has 0 heterocycles. The minimum Gasteiger partial charge on any atom is -0.870 e. The van der Waals surface area contributed by atoms with E-state index in [0.29, 0.717) is 0 Å². The van der Waals surface area contributed by atoms with E-state index in [1.54, 1.807) is 0 Å². The summed E-state index contributed by atoms with van der Waals surface area (Å²) in [6, 6.07) is 0. The van der Waals surface area contributed by atoms with Crippen molar-refractivity contribution in [2.24, 2.45) is 0 Å². The Labute approximate surface area is 80.9 Å². The molecule has 0 unspecified atom stereocenters. The van der Waals surface area contributed by atoms with Crippen molar-refractivity contribution in [3.05, 3.63) is 0 Å². The van der Waals surface area contributed by atoms with Crippen LogP contribution in [-0.2, 0) is 21.7 Å². The Morgan fingerprint density at radius 1 is 0.429 bits per heavy atom. The van der Waals surface area contributed by atoms with Crippen LogP contribution < -0.4 is 37.7 Å². The SMILES string of the molecule is [Li+].[Li+].[OH-].[OH-].[OH-].[OH-].[Ti]. The Hall–Kier alpha value is 1.75. The molecule has 0 aliphatic heterocycles. The van der Waals surface area contributed by atoms with Crippen LogP contribution in [-0.4, -0.2) is 21.9 Å². The van der Waals surface area contributed by atoms with E-state index in [-0.39, 0.29) is 81.3 Å². The Bertz CT molecular complexity index is 9.65. The maximum atomic E-state index is 0. The maximum absolute atomic E-state index is 0. The summed E-state index contributed by atoms with van der Waals surface area (Å²) >= 11 is 0. The van der Waals surface area contributed by atoms with Crippen molar-refractivity contribution in [3.8, 4) is 0 Å². The molecule has 0 aliphatic carbocycles. The molecule has 4 nitrogen and oxygen atoms in total. The van der Waals surface area contributed by atoms with E-state index in [1.165, 1.54) is 0 Å². The number of rotatable bonds is 0. The summed E-state index contributed by atoms with van der Waals surface area (Å²) in [6.45, 7) is 0. The molecule has 0 bridgehead atoms. The minimum atomic E-state index is 0. The molecule has 7 heteroatoms. The van der Waals surface area contributed by atoms with Crippen molar-refractivity contribution >= 4 is 0 Å². The van der Waals surface area contributed by atoms with Gasteiger partial charge in [0.25, 0.3) is 0 Å². The molecule has 0 radical (unpaired) electrons. The normalized spacial score (nSPS) is 0. The van der Waals surface area contributed by atoms with Gasteiger partial charge in [0.1, 0.15) is 0 Å². The van der Waals surface area contributed by atoms with Crippen LogP contribution in [0, 0.1) is 0 Å². The zero-order valence-corrected chi connectivity index (χ0v) is 5.85. The molecule has 0 rings (SSSR count). The third-order valence-electron chi connectivity index (χ3n) is 0. The van der Waals surface area contributed by atoms with Gasteiger partial charge in [-0.1, -0.05) is 0 Å². The molecule has 0 spiro atoms. The fourth-order valence-corrected chi connectivity index (χ4v) is 0. The number of hydrogen-bond acceptors (Lipinski definition) is 4. The van der Waals surface area contributed by atoms with Crippen LogP contribution in [0.15, 0.2) is 0 Å². The van der Waals surface area contributed by atoms with E-state index >= 15 is 0 Å². The van der Waals surface area contributed by atoms with Crippen molar-refractivity contribution in [1.82, 2.24) is 0 Å². The van der Waals surface area contributed by atoms with Gasteiger partial charge in [0.15, 0.2) is 0 Å². The van der Waals surface area contributed by atoms with Crippen molar-refractivity contribution < 1.29 is 81.3 Å². The zero-order chi connectivity index (χ0) is 0. The maximum Gasteiger partial charge on any atom is 1.00 e. The van der Waals surface area contributed by atoms with E-state index in [1.807, 2.05) is 0 Å². The predicted octanol–water partition coefficient (Wildman–Crippen LogP) is -6.70. The first kappa shape index (κ1) is 172. The smallest absolute Gasteiger partial charge is 0.870 e. The largest absolute Gasteiger partial charge is 1.00 e. The van der Waals surface area contributed by atoms with Gasteiger partial charge in [-0.25, -0.2) is 0 Å². The first-order valence-corrected chi connectivity index (χ1v) is 0. The van der Waals surface area contributed by atoms with Gasteiger partial charge in [-0.2, -0.15) is 0 Å². The third-order valence-corrected chi connectivity index (χ3v) is 0. The standard InChI is InChI=1S/2Li.4H2O.Ti/h;;4*1H2;/q2*+1;;;;;/p-4. The van der Waals surface area contributed by atoms with Crippen molar-refractivity contribution in [2.45, 2.75) is 0 Å².